The van der Waals surface area contributed by atoms with Crippen molar-refractivity contribution in [1.29, 1.82) is 0 Å². The second-order valence-corrected chi connectivity index (χ2v) is 5.17. The molecule has 2 aromatic rings. The molecule has 1 heterocycles. The first-order valence-electron chi connectivity index (χ1n) is 4.94. The normalized spacial score (nSPS) is 11.2. The Morgan fingerprint density at radius 3 is 2.68 bits per heavy atom. The minimum absolute atomic E-state index is 0.228. The molecule has 0 spiro atoms. The lowest BCUT2D eigenvalue weighted by molar-refractivity contribution is 0.0696. The molecule has 1 aromatic heterocycles. The summed E-state index contributed by atoms with van der Waals surface area (Å²) in [5, 5.41) is 8.44. The number of nitrogens with one attached hydrogen (secondary N) is 2. The van der Waals surface area contributed by atoms with Crippen LogP contribution in [0.1, 0.15) is 10.4 Å². The number of H-pyrrole nitrogens is 1. The van der Waals surface area contributed by atoms with Crippen LogP contribution in [0.4, 0.5) is 10.1 Å². The van der Waals surface area contributed by atoms with Gasteiger partial charge < -0.3 is 10.1 Å². The number of aromatic nitrogens is 2. The fourth-order valence-corrected chi connectivity index (χ4v) is 2.29. The average molecular weight is 285 g/mol. The van der Waals surface area contributed by atoms with Gasteiger partial charge in [-0.3, -0.25) is 4.72 Å². The summed E-state index contributed by atoms with van der Waals surface area (Å²) < 4.78 is 39.1. The number of nitrogens with zero attached hydrogens (tertiary/aromatic N) is 1. The zero-order chi connectivity index (χ0) is 14.0. The van der Waals surface area contributed by atoms with Crippen molar-refractivity contribution in [2.75, 3.05) is 4.72 Å². The van der Waals surface area contributed by atoms with Crippen LogP contribution in [0, 0.1) is 5.82 Å². The maximum Gasteiger partial charge on any atom is 0.335 e. The van der Waals surface area contributed by atoms with Crippen LogP contribution in [0.25, 0.3) is 0 Å². The molecule has 3 N–H and O–H groups in total. The quantitative estimate of drug-likeness (QED) is 0.777. The summed E-state index contributed by atoms with van der Waals surface area (Å²) in [4.78, 5) is 16.5. The third-order valence-electron chi connectivity index (χ3n) is 2.22. The first kappa shape index (κ1) is 13.0. The molecule has 0 unspecified atom stereocenters. The highest BCUT2D eigenvalue weighted by atomic mass is 32.2. The van der Waals surface area contributed by atoms with Crippen molar-refractivity contribution in [3.63, 3.8) is 0 Å². The molecule has 0 saturated carbocycles. The summed E-state index contributed by atoms with van der Waals surface area (Å²) in [7, 11) is -3.98. The number of carboxylic acid groups (broad SMARTS) is 1. The Hall–Kier alpha value is -2.42. The number of sulfonamides is 1. The smallest absolute Gasteiger partial charge is 0.335 e. The van der Waals surface area contributed by atoms with E-state index in [2.05, 4.69) is 9.97 Å². The number of halogens is 1. The summed E-state index contributed by atoms with van der Waals surface area (Å²) >= 11 is 0. The van der Waals surface area contributed by atoms with Gasteiger partial charge in [-0.05, 0) is 18.2 Å². The van der Waals surface area contributed by atoms with E-state index in [9.17, 15) is 17.6 Å². The Labute approximate surface area is 107 Å². The number of hydrogen-bond acceptors (Lipinski definition) is 4. The molecule has 100 valence electrons. The number of imidazole rings is 1. The minimum atomic E-state index is -3.98. The molecular formula is C10H8FN3O4S. The highest BCUT2D eigenvalue weighted by Crippen LogP contribution is 2.19. The molecule has 0 atom stereocenters. The molecule has 0 aliphatic carbocycles. The first-order chi connectivity index (χ1) is 8.90. The lowest BCUT2D eigenvalue weighted by Crippen LogP contribution is -2.14. The van der Waals surface area contributed by atoms with Gasteiger partial charge in [0.15, 0.2) is 5.03 Å². The third-order valence-corrected chi connectivity index (χ3v) is 3.51. The van der Waals surface area contributed by atoms with E-state index >= 15 is 0 Å². The second-order valence-electron chi connectivity index (χ2n) is 3.52. The van der Waals surface area contributed by atoms with E-state index in [4.69, 9.17) is 5.11 Å². The van der Waals surface area contributed by atoms with E-state index in [-0.39, 0.29) is 16.3 Å². The van der Waals surface area contributed by atoms with Crippen molar-refractivity contribution in [1.82, 2.24) is 9.97 Å². The molecule has 0 aliphatic heterocycles. The number of benzene rings is 1. The van der Waals surface area contributed by atoms with Crippen LogP contribution >= 0.6 is 0 Å². The number of carbonyl (C=O) groups is 1. The zero-order valence-corrected chi connectivity index (χ0v) is 10.1. The summed E-state index contributed by atoms with van der Waals surface area (Å²) in [6.45, 7) is 0. The highest BCUT2D eigenvalue weighted by molar-refractivity contribution is 7.92. The van der Waals surface area contributed by atoms with Gasteiger partial charge in [-0.2, -0.15) is 8.42 Å². The third kappa shape index (κ3) is 2.71. The fraction of sp³-hybridized carbons (Fsp3) is 0. The Kier molecular flexibility index (Phi) is 3.21. The molecule has 0 fully saturated rings. The van der Waals surface area contributed by atoms with Crippen LogP contribution in [0.5, 0.6) is 0 Å². The number of rotatable bonds is 4. The lowest BCUT2D eigenvalue weighted by Gasteiger charge is -2.07. The van der Waals surface area contributed by atoms with Crippen LogP contribution < -0.4 is 4.72 Å². The predicted octanol–water partition coefficient (Wildman–Crippen LogP) is 1.05. The number of aromatic carboxylic acids is 1. The molecule has 1 aromatic carbocycles. The Balaban J connectivity index is 2.32. The molecule has 0 saturated heterocycles. The van der Waals surface area contributed by atoms with E-state index in [1.165, 1.54) is 6.33 Å². The van der Waals surface area contributed by atoms with E-state index in [1.807, 2.05) is 4.72 Å². The summed E-state index contributed by atoms with van der Waals surface area (Å²) in [5.41, 5.74) is -0.624. The highest BCUT2D eigenvalue weighted by Gasteiger charge is 2.18. The van der Waals surface area contributed by atoms with Gasteiger partial charge in [-0.25, -0.2) is 14.2 Å². The van der Waals surface area contributed by atoms with E-state index in [0.717, 1.165) is 24.4 Å². The number of hydrogen-bond donors (Lipinski definition) is 3. The summed E-state index contributed by atoms with van der Waals surface area (Å²) in [6.07, 6.45) is 2.23. The van der Waals surface area contributed by atoms with Crippen LogP contribution in [-0.4, -0.2) is 29.5 Å². The fourth-order valence-electron chi connectivity index (χ4n) is 1.32. The van der Waals surface area contributed by atoms with E-state index in [1.54, 1.807) is 0 Å². The lowest BCUT2D eigenvalue weighted by atomic mass is 10.2. The minimum Gasteiger partial charge on any atom is -0.478 e. The molecule has 2 rings (SSSR count). The molecule has 0 amide bonds. The van der Waals surface area contributed by atoms with Gasteiger partial charge in [0.05, 0.1) is 23.8 Å². The van der Waals surface area contributed by atoms with Crippen molar-refractivity contribution in [2.45, 2.75) is 5.03 Å². The average Bonchev–Trinajstić information content (AvgIpc) is 2.85. The largest absolute Gasteiger partial charge is 0.478 e. The van der Waals surface area contributed by atoms with Gasteiger partial charge in [0.2, 0.25) is 0 Å². The second kappa shape index (κ2) is 4.69. The van der Waals surface area contributed by atoms with Crippen molar-refractivity contribution in [2.24, 2.45) is 0 Å². The van der Waals surface area contributed by atoms with Gasteiger partial charge in [-0.15, -0.1) is 0 Å². The molecule has 0 radical (unpaired) electrons. The van der Waals surface area contributed by atoms with Crippen molar-refractivity contribution < 1.29 is 22.7 Å². The molecule has 0 bridgehead atoms. The number of carboxylic acids is 1. The van der Waals surface area contributed by atoms with E-state index < -0.39 is 21.8 Å². The van der Waals surface area contributed by atoms with Gasteiger partial charge >= 0.3 is 5.97 Å². The number of aromatic amines is 1. The Morgan fingerprint density at radius 2 is 2.16 bits per heavy atom. The van der Waals surface area contributed by atoms with Gasteiger partial charge in [0.1, 0.15) is 5.82 Å². The Bertz CT molecular complexity index is 712. The van der Waals surface area contributed by atoms with Crippen LogP contribution in [0.15, 0.2) is 35.7 Å². The standard InChI is InChI=1S/C10H8FN3O4S/c11-7-3-6(10(15)16)1-2-8(7)14-19(17,18)9-4-12-5-13-9/h1-5,14H,(H,12,13)(H,15,16). The van der Waals surface area contributed by atoms with Gasteiger partial charge in [0.25, 0.3) is 10.0 Å². The summed E-state index contributed by atoms with van der Waals surface area (Å²) in [6, 6.07) is 2.86. The maximum absolute atomic E-state index is 13.6. The van der Waals surface area contributed by atoms with Gasteiger partial charge in [0, 0.05) is 0 Å². The monoisotopic (exact) mass is 285 g/mol. The van der Waals surface area contributed by atoms with Crippen molar-refractivity contribution in [3.8, 4) is 0 Å². The number of anilines is 1. The van der Waals surface area contributed by atoms with Crippen molar-refractivity contribution in [3.05, 3.63) is 42.1 Å². The topological polar surface area (TPSA) is 112 Å². The molecule has 9 heteroatoms. The SMILES string of the molecule is O=C(O)c1ccc(NS(=O)(=O)c2cnc[nH]2)c(F)c1. The van der Waals surface area contributed by atoms with E-state index in [0.29, 0.717) is 0 Å². The molecular weight excluding hydrogens is 277 g/mol. The molecule has 0 aliphatic rings. The van der Waals surface area contributed by atoms with Gasteiger partial charge in [-0.1, -0.05) is 0 Å². The van der Waals surface area contributed by atoms with Crippen molar-refractivity contribution >= 4 is 21.7 Å². The molecule has 7 nitrogen and oxygen atoms in total. The molecule has 19 heavy (non-hydrogen) atoms. The first-order valence-corrected chi connectivity index (χ1v) is 6.42. The van der Waals surface area contributed by atoms with Crippen LogP contribution in [0.3, 0.4) is 0 Å². The summed E-state index contributed by atoms with van der Waals surface area (Å²) in [5.74, 6) is -2.29. The maximum atomic E-state index is 13.6. The zero-order valence-electron chi connectivity index (χ0n) is 9.29. The van der Waals surface area contributed by atoms with Crippen LogP contribution in [-0.2, 0) is 10.0 Å². The predicted molar refractivity (Wildman–Crippen MR) is 62.8 cm³/mol. The Morgan fingerprint density at radius 1 is 1.42 bits per heavy atom. The van der Waals surface area contributed by atoms with Crippen LogP contribution in [0.2, 0.25) is 0 Å².